The summed E-state index contributed by atoms with van der Waals surface area (Å²) in [5.41, 5.74) is 1.71. The number of likely N-dealkylation sites (tertiary alicyclic amines) is 1. The molecule has 1 saturated heterocycles. The summed E-state index contributed by atoms with van der Waals surface area (Å²) in [6, 6.07) is 13.6. The van der Waals surface area contributed by atoms with Crippen molar-refractivity contribution in [3.05, 3.63) is 60.4 Å². The number of benzene rings is 1. The molecule has 3 heterocycles. The van der Waals surface area contributed by atoms with Crippen LogP contribution in [0.2, 0.25) is 0 Å². The summed E-state index contributed by atoms with van der Waals surface area (Å²) in [6.07, 6.45) is 7.49. The lowest BCUT2D eigenvalue weighted by molar-refractivity contribution is -0.137. The number of carboxylic acid groups (broad SMARTS) is 1. The molecule has 3 atom stereocenters. The van der Waals surface area contributed by atoms with Crippen molar-refractivity contribution < 1.29 is 19.7 Å². The SMILES string of the molecule is COc1ccc2nccc(C(O)CC[C@@H]3CCN(CCCSc4ccccn4)C[C@@H]3CCC(=O)O)c2c1. The number of hydrogen-bond donors (Lipinski definition) is 2. The number of aliphatic hydroxyl groups is 1. The Morgan fingerprint density at radius 2 is 2.05 bits per heavy atom. The van der Waals surface area contributed by atoms with Gasteiger partial charge in [-0.05, 0) is 99.0 Å². The van der Waals surface area contributed by atoms with Crippen molar-refractivity contribution >= 4 is 28.6 Å². The number of hydrogen-bond acceptors (Lipinski definition) is 7. The summed E-state index contributed by atoms with van der Waals surface area (Å²) in [7, 11) is 1.64. The molecule has 0 aliphatic carbocycles. The van der Waals surface area contributed by atoms with Gasteiger partial charge in [-0.15, -0.1) is 11.8 Å². The number of fused-ring (bicyclic) bond motifs is 1. The van der Waals surface area contributed by atoms with Gasteiger partial charge in [-0.3, -0.25) is 9.78 Å². The second kappa shape index (κ2) is 13.7. The molecule has 0 amide bonds. The van der Waals surface area contributed by atoms with Crippen LogP contribution in [-0.2, 0) is 4.79 Å². The van der Waals surface area contributed by atoms with Gasteiger partial charge in [0.2, 0.25) is 0 Å². The number of piperidine rings is 1. The van der Waals surface area contributed by atoms with Crippen LogP contribution in [0.4, 0.5) is 0 Å². The molecule has 1 aromatic carbocycles. The van der Waals surface area contributed by atoms with Crippen molar-refractivity contribution in [2.45, 2.75) is 49.7 Å². The van der Waals surface area contributed by atoms with Crippen LogP contribution >= 0.6 is 11.8 Å². The normalized spacial score (nSPS) is 19.1. The third kappa shape index (κ3) is 7.90. The van der Waals surface area contributed by atoms with Crippen molar-refractivity contribution in [2.24, 2.45) is 11.8 Å². The van der Waals surface area contributed by atoms with Crippen molar-refractivity contribution in [1.29, 1.82) is 0 Å². The van der Waals surface area contributed by atoms with E-state index in [2.05, 4.69) is 14.9 Å². The molecule has 0 radical (unpaired) electrons. The number of ether oxygens (including phenoxy) is 1. The maximum absolute atomic E-state index is 11.3. The molecule has 1 aliphatic rings. The Kier molecular flexibility index (Phi) is 10.2. The summed E-state index contributed by atoms with van der Waals surface area (Å²) in [5.74, 6) is 1.77. The van der Waals surface area contributed by atoms with Crippen LogP contribution in [0.1, 0.15) is 50.2 Å². The second-order valence-electron chi connectivity index (χ2n) is 9.79. The Hall–Kier alpha value is -2.68. The van der Waals surface area contributed by atoms with Gasteiger partial charge < -0.3 is 19.8 Å². The molecule has 4 rings (SSSR count). The number of aromatic nitrogens is 2. The molecule has 1 fully saturated rings. The average molecular weight is 524 g/mol. The Morgan fingerprint density at radius 3 is 2.84 bits per heavy atom. The van der Waals surface area contributed by atoms with Gasteiger partial charge in [-0.25, -0.2) is 4.98 Å². The number of pyridine rings is 2. The molecule has 2 N–H and O–H groups in total. The van der Waals surface area contributed by atoms with Crippen molar-refractivity contribution in [3.8, 4) is 5.75 Å². The fourth-order valence-electron chi connectivity index (χ4n) is 5.36. The molecular weight excluding hydrogens is 486 g/mol. The highest BCUT2D eigenvalue weighted by Crippen LogP contribution is 2.35. The van der Waals surface area contributed by atoms with Crippen molar-refractivity contribution in [2.75, 3.05) is 32.5 Å². The predicted molar refractivity (Wildman–Crippen MR) is 147 cm³/mol. The Morgan fingerprint density at radius 1 is 1.16 bits per heavy atom. The van der Waals surface area contributed by atoms with E-state index in [0.29, 0.717) is 24.7 Å². The topological polar surface area (TPSA) is 95.8 Å². The molecule has 0 bridgehead atoms. The minimum atomic E-state index is -0.736. The molecule has 7 nitrogen and oxygen atoms in total. The van der Waals surface area contributed by atoms with E-state index in [-0.39, 0.29) is 6.42 Å². The van der Waals surface area contributed by atoms with Crippen LogP contribution in [0.15, 0.2) is 59.9 Å². The summed E-state index contributed by atoms with van der Waals surface area (Å²) in [4.78, 5) is 22.6. The van der Waals surface area contributed by atoms with Gasteiger partial charge in [0.05, 0.1) is 23.8 Å². The zero-order chi connectivity index (χ0) is 26.0. The summed E-state index contributed by atoms with van der Waals surface area (Å²) in [6.45, 7) is 2.97. The van der Waals surface area contributed by atoms with E-state index < -0.39 is 12.1 Å². The van der Waals surface area contributed by atoms with Crippen LogP contribution in [0.25, 0.3) is 10.9 Å². The lowest BCUT2D eigenvalue weighted by Crippen LogP contribution is -2.41. The van der Waals surface area contributed by atoms with Gasteiger partial charge in [-0.2, -0.15) is 0 Å². The maximum atomic E-state index is 11.3. The minimum absolute atomic E-state index is 0.196. The number of thioether (sulfide) groups is 1. The van der Waals surface area contributed by atoms with E-state index in [1.54, 1.807) is 25.1 Å². The number of carboxylic acids is 1. The lowest BCUT2D eigenvalue weighted by Gasteiger charge is -2.39. The van der Waals surface area contributed by atoms with Gasteiger partial charge in [0.1, 0.15) is 5.75 Å². The Balaban J connectivity index is 1.32. The second-order valence-corrected chi connectivity index (χ2v) is 10.9. The van der Waals surface area contributed by atoms with Gasteiger partial charge in [0, 0.05) is 36.5 Å². The number of carbonyl (C=O) groups is 1. The van der Waals surface area contributed by atoms with Crippen LogP contribution in [0, 0.1) is 11.8 Å². The summed E-state index contributed by atoms with van der Waals surface area (Å²) < 4.78 is 5.37. The predicted octanol–water partition coefficient (Wildman–Crippen LogP) is 5.44. The molecule has 37 heavy (non-hydrogen) atoms. The standard InChI is InChI=1S/C29H37N3O4S/c1-36-23-8-9-26-25(19-23)24(12-15-30-26)27(33)10-6-21-13-17-32(20-22(21)7-11-29(34)35)16-4-18-37-28-5-2-3-14-31-28/h2-3,5,8-9,12,14-15,19,21-22,27,33H,4,6-7,10-11,13,16-18,20H2,1H3,(H,34,35)/t21-,22+,27?/m1/s1. The smallest absolute Gasteiger partial charge is 0.303 e. The van der Waals surface area contributed by atoms with E-state index >= 15 is 0 Å². The summed E-state index contributed by atoms with van der Waals surface area (Å²) >= 11 is 1.78. The first-order valence-corrected chi connectivity index (χ1v) is 14.1. The van der Waals surface area contributed by atoms with E-state index in [9.17, 15) is 15.0 Å². The van der Waals surface area contributed by atoms with Gasteiger partial charge in [0.25, 0.3) is 0 Å². The summed E-state index contributed by atoms with van der Waals surface area (Å²) in [5, 5.41) is 22.4. The van der Waals surface area contributed by atoms with Crippen LogP contribution in [-0.4, -0.2) is 63.5 Å². The Labute approximate surface area is 223 Å². The lowest BCUT2D eigenvalue weighted by atomic mass is 9.79. The molecule has 0 spiro atoms. The number of rotatable bonds is 13. The van der Waals surface area contributed by atoms with Crippen LogP contribution < -0.4 is 4.74 Å². The molecule has 0 saturated carbocycles. The monoisotopic (exact) mass is 523 g/mol. The number of methoxy groups -OCH3 is 1. The molecule has 1 aliphatic heterocycles. The number of aliphatic carboxylic acids is 1. The fraction of sp³-hybridized carbons (Fsp3) is 0.483. The van der Waals surface area contributed by atoms with Crippen LogP contribution in [0.5, 0.6) is 5.75 Å². The Bertz CT molecular complexity index is 1150. The van der Waals surface area contributed by atoms with E-state index in [1.165, 1.54) is 0 Å². The first-order valence-electron chi connectivity index (χ1n) is 13.1. The molecule has 3 aromatic rings. The largest absolute Gasteiger partial charge is 0.497 e. The highest BCUT2D eigenvalue weighted by molar-refractivity contribution is 7.99. The number of nitrogens with zero attached hydrogens (tertiary/aromatic N) is 3. The highest BCUT2D eigenvalue weighted by atomic mass is 32.2. The first-order chi connectivity index (χ1) is 18.0. The highest BCUT2D eigenvalue weighted by Gasteiger charge is 2.30. The number of aliphatic hydroxyl groups excluding tert-OH is 1. The van der Waals surface area contributed by atoms with Crippen LogP contribution in [0.3, 0.4) is 0 Å². The third-order valence-electron chi connectivity index (χ3n) is 7.36. The van der Waals surface area contributed by atoms with Crippen molar-refractivity contribution in [3.63, 3.8) is 0 Å². The fourth-order valence-corrected chi connectivity index (χ4v) is 6.16. The zero-order valence-electron chi connectivity index (χ0n) is 21.5. The van der Waals surface area contributed by atoms with Gasteiger partial charge >= 0.3 is 5.97 Å². The van der Waals surface area contributed by atoms with Gasteiger partial charge in [0.15, 0.2) is 0 Å². The quantitative estimate of drug-likeness (QED) is 0.226. The van der Waals surface area contributed by atoms with E-state index in [1.807, 2.05) is 48.7 Å². The molecule has 198 valence electrons. The van der Waals surface area contributed by atoms with E-state index in [0.717, 1.165) is 71.9 Å². The first kappa shape index (κ1) is 27.4. The van der Waals surface area contributed by atoms with E-state index in [4.69, 9.17) is 4.74 Å². The molecule has 1 unspecified atom stereocenters. The van der Waals surface area contributed by atoms with Gasteiger partial charge in [-0.1, -0.05) is 6.07 Å². The molecule has 8 heteroatoms. The molecular formula is C29H37N3O4S. The van der Waals surface area contributed by atoms with Crippen molar-refractivity contribution in [1.82, 2.24) is 14.9 Å². The minimum Gasteiger partial charge on any atom is -0.497 e. The average Bonchev–Trinajstić information content (AvgIpc) is 2.93. The third-order valence-corrected chi connectivity index (χ3v) is 8.39. The maximum Gasteiger partial charge on any atom is 0.303 e. The molecule has 2 aromatic heterocycles. The zero-order valence-corrected chi connectivity index (χ0v) is 22.3.